The van der Waals surface area contributed by atoms with E-state index in [2.05, 4.69) is 5.32 Å². The second-order valence-electron chi connectivity index (χ2n) is 4.88. The minimum Gasteiger partial charge on any atom is -0.481 e. The van der Waals surface area contributed by atoms with Gasteiger partial charge in [0, 0.05) is 19.3 Å². The topological polar surface area (TPSA) is 75.6 Å². The highest BCUT2D eigenvalue weighted by atomic mass is 16.5. The van der Waals surface area contributed by atoms with Crippen molar-refractivity contribution in [3.05, 3.63) is 0 Å². The number of carbonyl (C=O) groups excluding carboxylic acids is 1. The maximum absolute atomic E-state index is 11.9. The summed E-state index contributed by atoms with van der Waals surface area (Å²) in [6, 6.07) is 0.153. The molecule has 96 valence electrons. The molecule has 0 aromatic heterocycles. The quantitative estimate of drug-likeness (QED) is 0.765. The van der Waals surface area contributed by atoms with Gasteiger partial charge in [-0.3, -0.25) is 9.59 Å². The molecule has 0 aromatic rings. The molecule has 1 aliphatic heterocycles. The van der Waals surface area contributed by atoms with Crippen LogP contribution in [0.3, 0.4) is 0 Å². The summed E-state index contributed by atoms with van der Waals surface area (Å²) in [4.78, 5) is 22.7. The van der Waals surface area contributed by atoms with Crippen LogP contribution < -0.4 is 5.32 Å². The standard InChI is InChI=1S/C12H19NO4/c14-11(9-3-4-10(9)12(15)16)13-8-2-1-6-17-7-5-8/h8-10H,1-7H2,(H,13,14)(H,15,16). The highest BCUT2D eigenvalue weighted by Crippen LogP contribution is 2.34. The zero-order chi connectivity index (χ0) is 12.3. The van der Waals surface area contributed by atoms with Crippen molar-refractivity contribution in [3.63, 3.8) is 0 Å². The van der Waals surface area contributed by atoms with Crippen molar-refractivity contribution in [2.45, 2.75) is 38.1 Å². The summed E-state index contributed by atoms with van der Waals surface area (Å²) in [6.07, 6.45) is 4.04. The van der Waals surface area contributed by atoms with Gasteiger partial charge in [-0.25, -0.2) is 0 Å². The monoisotopic (exact) mass is 241 g/mol. The molecule has 0 radical (unpaired) electrons. The molecule has 2 rings (SSSR count). The van der Waals surface area contributed by atoms with E-state index in [-0.39, 0.29) is 17.9 Å². The fourth-order valence-electron chi connectivity index (χ4n) is 2.47. The van der Waals surface area contributed by atoms with Gasteiger partial charge < -0.3 is 15.2 Å². The van der Waals surface area contributed by atoms with Gasteiger partial charge in [-0.05, 0) is 32.1 Å². The molecule has 1 aliphatic carbocycles. The first kappa shape index (κ1) is 12.4. The summed E-state index contributed by atoms with van der Waals surface area (Å²) in [7, 11) is 0. The maximum Gasteiger partial charge on any atom is 0.307 e. The van der Waals surface area contributed by atoms with Gasteiger partial charge in [0.1, 0.15) is 0 Å². The highest BCUT2D eigenvalue weighted by molar-refractivity contribution is 5.86. The second kappa shape index (κ2) is 5.49. The van der Waals surface area contributed by atoms with Crippen LogP contribution in [-0.2, 0) is 14.3 Å². The third kappa shape index (κ3) is 2.97. The zero-order valence-corrected chi connectivity index (χ0v) is 9.85. The van der Waals surface area contributed by atoms with Crippen LogP contribution in [-0.4, -0.2) is 36.2 Å². The zero-order valence-electron chi connectivity index (χ0n) is 9.85. The van der Waals surface area contributed by atoms with Crippen LogP contribution >= 0.6 is 0 Å². The SMILES string of the molecule is O=C(O)C1CCC1C(=O)NC1CCCOCC1. The molecule has 1 saturated heterocycles. The van der Waals surface area contributed by atoms with Crippen LogP contribution in [0.2, 0.25) is 0 Å². The first-order valence-corrected chi connectivity index (χ1v) is 6.29. The fraction of sp³-hybridized carbons (Fsp3) is 0.833. The Bertz CT molecular complexity index is 297. The average molecular weight is 241 g/mol. The first-order valence-electron chi connectivity index (χ1n) is 6.29. The molecule has 0 aromatic carbocycles. The Balaban J connectivity index is 1.82. The van der Waals surface area contributed by atoms with Crippen LogP contribution in [0.1, 0.15) is 32.1 Å². The molecule has 3 unspecified atom stereocenters. The molecule has 2 aliphatic rings. The first-order chi connectivity index (χ1) is 8.18. The van der Waals surface area contributed by atoms with E-state index in [1.54, 1.807) is 0 Å². The minimum absolute atomic E-state index is 0.0875. The predicted octanol–water partition coefficient (Wildman–Crippen LogP) is 0.782. The molecule has 5 heteroatoms. The third-order valence-corrected chi connectivity index (χ3v) is 3.73. The predicted molar refractivity (Wildman–Crippen MR) is 60.5 cm³/mol. The van der Waals surface area contributed by atoms with Crippen molar-refractivity contribution in [1.29, 1.82) is 0 Å². The number of ether oxygens (including phenoxy) is 1. The molecular weight excluding hydrogens is 222 g/mol. The largest absolute Gasteiger partial charge is 0.481 e. The summed E-state index contributed by atoms with van der Waals surface area (Å²) >= 11 is 0. The molecule has 1 amide bonds. The van der Waals surface area contributed by atoms with Crippen molar-refractivity contribution in [1.82, 2.24) is 5.32 Å². The molecule has 1 saturated carbocycles. The summed E-state index contributed by atoms with van der Waals surface area (Å²) in [5, 5.41) is 11.9. The molecule has 5 nitrogen and oxygen atoms in total. The number of aliphatic carboxylic acids is 1. The van der Waals surface area contributed by atoms with Gasteiger partial charge in [-0.2, -0.15) is 0 Å². The lowest BCUT2D eigenvalue weighted by atomic mass is 9.73. The number of carboxylic acid groups (broad SMARTS) is 1. The van der Waals surface area contributed by atoms with Gasteiger partial charge in [-0.1, -0.05) is 0 Å². The molecular formula is C12H19NO4. The Morgan fingerprint density at radius 1 is 1.06 bits per heavy atom. The number of hydrogen-bond acceptors (Lipinski definition) is 3. The second-order valence-corrected chi connectivity index (χ2v) is 4.88. The number of carbonyl (C=O) groups is 2. The van der Waals surface area contributed by atoms with Gasteiger partial charge >= 0.3 is 5.97 Å². The summed E-state index contributed by atoms with van der Waals surface area (Å²) in [6.45, 7) is 1.44. The Morgan fingerprint density at radius 2 is 1.82 bits per heavy atom. The number of rotatable bonds is 3. The Morgan fingerprint density at radius 3 is 2.47 bits per heavy atom. The lowest BCUT2D eigenvalue weighted by Crippen LogP contribution is -2.47. The fourth-order valence-corrected chi connectivity index (χ4v) is 2.47. The molecule has 2 N–H and O–H groups in total. The van der Waals surface area contributed by atoms with Gasteiger partial charge in [0.2, 0.25) is 5.91 Å². The summed E-state index contributed by atoms with van der Waals surface area (Å²) < 4.78 is 5.32. The van der Waals surface area contributed by atoms with Crippen LogP contribution in [0.4, 0.5) is 0 Å². The summed E-state index contributed by atoms with van der Waals surface area (Å²) in [5.41, 5.74) is 0. The lowest BCUT2D eigenvalue weighted by molar-refractivity contribution is -0.153. The van der Waals surface area contributed by atoms with E-state index >= 15 is 0 Å². The Labute approximate surface area is 101 Å². The van der Waals surface area contributed by atoms with Crippen molar-refractivity contribution < 1.29 is 19.4 Å². The maximum atomic E-state index is 11.9. The Hall–Kier alpha value is -1.10. The van der Waals surface area contributed by atoms with E-state index in [0.717, 1.165) is 25.9 Å². The molecule has 3 atom stereocenters. The number of nitrogens with one attached hydrogen (secondary N) is 1. The van der Waals surface area contributed by atoms with Gasteiger partial charge in [-0.15, -0.1) is 0 Å². The van der Waals surface area contributed by atoms with Crippen LogP contribution in [0.5, 0.6) is 0 Å². The van der Waals surface area contributed by atoms with Gasteiger partial charge in [0.05, 0.1) is 11.8 Å². The van der Waals surface area contributed by atoms with E-state index in [4.69, 9.17) is 9.84 Å². The number of hydrogen-bond donors (Lipinski definition) is 2. The number of carboxylic acids is 1. The van der Waals surface area contributed by atoms with Crippen LogP contribution in [0.25, 0.3) is 0 Å². The summed E-state index contributed by atoms with van der Waals surface area (Å²) in [5.74, 6) is -1.73. The molecule has 17 heavy (non-hydrogen) atoms. The van der Waals surface area contributed by atoms with Gasteiger partial charge in [0.15, 0.2) is 0 Å². The number of amides is 1. The lowest BCUT2D eigenvalue weighted by Gasteiger charge is -2.33. The minimum atomic E-state index is -0.847. The van der Waals surface area contributed by atoms with Crippen molar-refractivity contribution in [3.8, 4) is 0 Å². The van der Waals surface area contributed by atoms with E-state index < -0.39 is 11.9 Å². The van der Waals surface area contributed by atoms with Crippen molar-refractivity contribution in [2.75, 3.05) is 13.2 Å². The van der Waals surface area contributed by atoms with E-state index in [1.807, 2.05) is 0 Å². The Kier molecular flexibility index (Phi) is 3.99. The normalized spacial score (nSPS) is 33.3. The third-order valence-electron chi connectivity index (χ3n) is 3.73. The van der Waals surface area contributed by atoms with Crippen LogP contribution in [0.15, 0.2) is 0 Å². The van der Waals surface area contributed by atoms with E-state index in [0.29, 0.717) is 19.4 Å². The smallest absolute Gasteiger partial charge is 0.307 e. The van der Waals surface area contributed by atoms with Gasteiger partial charge in [0.25, 0.3) is 0 Å². The van der Waals surface area contributed by atoms with E-state index in [9.17, 15) is 9.59 Å². The molecule has 2 fully saturated rings. The molecule has 0 bridgehead atoms. The van der Waals surface area contributed by atoms with Crippen molar-refractivity contribution in [2.24, 2.45) is 11.8 Å². The molecule has 0 spiro atoms. The average Bonchev–Trinajstić information content (AvgIpc) is 2.43. The highest BCUT2D eigenvalue weighted by Gasteiger charge is 2.41. The molecule has 1 heterocycles. The van der Waals surface area contributed by atoms with Crippen molar-refractivity contribution >= 4 is 11.9 Å². The van der Waals surface area contributed by atoms with Crippen LogP contribution in [0, 0.1) is 11.8 Å². The van der Waals surface area contributed by atoms with E-state index in [1.165, 1.54) is 0 Å².